The third kappa shape index (κ3) is 3.22. The third-order valence-corrected chi connectivity index (χ3v) is 7.50. The number of para-hydroxylation sites is 2. The highest BCUT2D eigenvalue weighted by atomic mass is 31.2. The van der Waals surface area contributed by atoms with E-state index in [0.29, 0.717) is 6.04 Å². The summed E-state index contributed by atoms with van der Waals surface area (Å²) >= 11 is 0. The van der Waals surface area contributed by atoms with E-state index < -0.39 is 8.45 Å². The van der Waals surface area contributed by atoms with E-state index in [9.17, 15) is 0 Å². The Labute approximate surface area is 162 Å². The molecule has 0 N–H and O–H groups in total. The standard InChI is InChI=1S/C23H23N2OP/c1-3-10-19(11-4-1)22-15-7-8-16-23(22)26-27-24-17-9-14-21(24)18-25(27)20-12-5-2-6-13-20/h1-8,10-13,15-16,21H,9,14,17-18H2/t21-,27?/m0/s1. The molecular formula is C23H23N2OP. The quantitative estimate of drug-likeness (QED) is 0.525. The molecule has 2 heterocycles. The molecule has 0 saturated carbocycles. The Balaban J connectivity index is 1.50. The Kier molecular flexibility index (Phi) is 4.57. The van der Waals surface area contributed by atoms with Gasteiger partial charge in [0, 0.05) is 30.4 Å². The van der Waals surface area contributed by atoms with E-state index >= 15 is 0 Å². The van der Waals surface area contributed by atoms with Crippen LogP contribution in [0.5, 0.6) is 5.75 Å². The van der Waals surface area contributed by atoms with Gasteiger partial charge in [-0.05, 0) is 36.6 Å². The number of fused-ring (bicyclic) bond motifs is 1. The van der Waals surface area contributed by atoms with Crippen LogP contribution in [0, 0.1) is 0 Å². The summed E-state index contributed by atoms with van der Waals surface area (Å²) in [4.78, 5) is 0. The van der Waals surface area contributed by atoms with Gasteiger partial charge in [-0.15, -0.1) is 0 Å². The number of rotatable bonds is 4. The molecule has 4 heteroatoms. The monoisotopic (exact) mass is 374 g/mol. The Hall–Kier alpha value is -2.35. The van der Waals surface area contributed by atoms with Gasteiger partial charge in [0.1, 0.15) is 5.75 Å². The van der Waals surface area contributed by atoms with E-state index in [4.69, 9.17) is 4.52 Å². The van der Waals surface area contributed by atoms with Crippen molar-refractivity contribution in [2.24, 2.45) is 0 Å². The van der Waals surface area contributed by atoms with Crippen LogP contribution in [0.25, 0.3) is 11.1 Å². The van der Waals surface area contributed by atoms with Gasteiger partial charge < -0.3 is 9.19 Å². The van der Waals surface area contributed by atoms with Crippen LogP contribution in [0.4, 0.5) is 5.69 Å². The average molecular weight is 374 g/mol. The van der Waals surface area contributed by atoms with Gasteiger partial charge in [0.2, 0.25) is 0 Å². The first-order valence-electron chi connectivity index (χ1n) is 9.62. The molecule has 3 aromatic rings. The van der Waals surface area contributed by atoms with E-state index in [0.717, 1.165) is 24.4 Å². The number of hydrogen-bond acceptors (Lipinski definition) is 3. The average Bonchev–Trinajstić information content (AvgIpc) is 3.32. The summed E-state index contributed by atoms with van der Waals surface area (Å²) in [6, 6.07) is 30.3. The predicted octanol–water partition coefficient (Wildman–Crippen LogP) is 5.94. The maximum atomic E-state index is 6.76. The van der Waals surface area contributed by atoms with E-state index in [2.05, 4.69) is 94.3 Å². The van der Waals surface area contributed by atoms with E-state index in [1.165, 1.54) is 24.1 Å². The lowest BCUT2D eigenvalue weighted by Crippen LogP contribution is -2.20. The van der Waals surface area contributed by atoms with Crippen molar-refractivity contribution in [2.45, 2.75) is 18.9 Å². The lowest BCUT2D eigenvalue weighted by molar-refractivity contribution is 0.432. The molecule has 0 radical (unpaired) electrons. The van der Waals surface area contributed by atoms with Crippen molar-refractivity contribution in [3.63, 3.8) is 0 Å². The van der Waals surface area contributed by atoms with Gasteiger partial charge in [0.15, 0.2) is 0 Å². The second kappa shape index (κ2) is 7.34. The molecule has 3 aromatic carbocycles. The molecule has 1 unspecified atom stereocenters. The second-order valence-corrected chi connectivity index (χ2v) is 8.77. The number of nitrogens with zero attached hydrogens (tertiary/aromatic N) is 2. The SMILES string of the molecule is c1ccc(-c2ccccc2OP2N(c3ccccc3)C[C@@H]3CCCN32)cc1. The Bertz CT molecular complexity index is 903. The van der Waals surface area contributed by atoms with Crippen molar-refractivity contribution in [1.29, 1.82) is 0 Å². The van der Waals surface area contributed by atoms with Gasteiger partial charge >= 0.3 is 0 Å². The van der Waals surface area contributed by atoms with Crippen LogP contribution >= 0.6 is 8.45 Å². The maximum Gasteiger partial charge on any atom is 0.279 e. The molecule has 0 spiro atoms. The van der Waals surface area contributed by atoms with Crippen molar-refractivity contribution < 1.29 is 4.52 Å². The van der Waals surface area contributed by atoms with Crippen LogP contribution in [0.15, 0.2) is 84.9 Å². The van der Waals surface area contributed by atoms with Crippen LogP contribution < -0.4 is 9.19 Å². The Morgan fingerprint density at radius 3 is 2.33 bits per heavy atom. The first kappa shape index (κ1) is 16.8. The summed E-state index contributed by atoms with van der Waals surface area (Å²) in [6.45, 7) is 2.19. The molecule has 0 amide bonds. The Morgan fingerprint density at radius 2 is 1.52 bits per heavy atom. The minimum Gasteiger partial charge on any atom is -0.440 e. The molecule has 2 saturated heterocycles. The van der Waals surface area contributed by atoms with Crippen LogP contribution in [-0.2, 0) is 0 Å². The molecule has 3 nitrogen and oxygen atoms in total. The largest absolute Gasteiger partial charge is 0.440 e. The number of hydrogen-bond donors (Lipinski definition) is 0. The highest BCUT2D eigenvalue weighted by Gasteiger charge is 2.45. The number of benzene rings is 3. The first-order valence-corrected chi connectivity index (χ1v) is 10.8. The summed E-state index contributed by atoms with van der Waals surface area (Å²) in [5.41, 5.74) is 3.62. The fourth-order valence-electron chi connectivity index (χ4n) is 4.04. The highest BCUT2D eigenvalue weighted by Crippen LogP contribution is 2.57. The molecule has 27 heavy (non-hydrogen) atoms. The molecule has 2 aliphatic rings. The summed E-state index contributed by atoms with van der Waals surface area (Å²) in [7, 11) is -0.841. The zero-order valence-corrected chi connectivity index (χ0v) is 16.1. The van der Waals surface area contributed by atoms with Gasteiger partial charge in [0.25, 0.3) is 8.45 Å². The van der Waals surface area contributed by atoms with Gasteiger partial charge in [-0.3, -0.25) is 0 Å². The molecule has 2 aliphatic heterocycles. The highest BCUT2D eigenvalue weighted by molar-refractivity contribution is 7.52. The lowest BCUT2D eigenvalue weighted by atomic mass is 10.1. The summed E-state index contributed by atoms with van der Waals surface area (Å²) in [6.07, 6.45) is 2.54. The molecule has 2 atom stereocenters. The van der Waals surface area contributed by atoms with Gasteiger partial charge in [-0.2, -0.15) is 0 Å². The van der Waals surface area contributed by atoms with Crippen molar-refractivity contribution in [1.82, 2.24) is 4.67 Å². The van der Waals surface area contributed by atoms with Crippen molar-refractivity contribution in [3.05, 3.63) is 84.9 Å². The molecule has 0 bridgehead atoms. The minimum atomic E-state index is -0.841. The summed E-state index contributed by atoms with van der Waals surface area (Å²) in [5, 5.41) is 0. The number of anilines is 1. The van der Waals surface area contributed by atoms with E-state index in [1.807, 2.05) is 0 Å². The fraction of sp³-hybridized carbons (Fsp3) is 0.217. The van der Waals surface area contributed by atoms with Crippen LogP contribution in [-0.4, -0.2) is 23.8 Å². The zero-order valence-electron chi connectivity index (χ0n) is 15.2. The lowest BCUT2D eigenvalue weighted by Gasteiger charge is -2.29. The zero-order chi connectivity index (χ0) is 18.1. The molecule has 5 rings (SSSR count). The third-order valence-electron chi connectivity index (χ3n) is 5.36. The topological polar surface area (TPSA) is 15.7 Å². The van der Waals surface area contributed by atoms with Crippen molar-refractivity contribution in [3.8, 4) is 16.9 Å². The molecule has 0 aliphatic carbocycles. The summed E-state index contributed by atoms with van der Waals surface area (Å²) < 4.78 is 11.8. The smallest absolute Gasteiger partial charge is 0.279 e. The summed E-state index contributed by atoms with van der Waals surface area (Å²) in [5.74, 6) is 0.975. The predicted molar refractivity (Wildman–Crippen MR) is 113 cm³/mol. The Morgan fingerprint density at radius 1 is 0.815 bits per heavy atom. The normalized spacial score (nSPS) is 22.0. The van der Waals surface area contributed by atoms with Crippen LogP contribution in [0.3, 0.4) is 0 Å². The minimum absolute atomic E-state index is 0.611. The van der Waals surface area contributed by atoms with E-state index in [1.54, 1.807) is 0 Å². The molecule has 136 valence electrons. The maximum absolute atomic E-state index is 6.76. The van der Waals surface area contributed by atoms with Crippen molar-refractivity contribution >= 4 is 14.1 Å². The molecular weight excluding hydrogens is 351 g/mol. The van der Waals surface area contributed by atoms with Gasteiger partial charge in [-0.25, -0.2) is 4.67 Å². The van der Waals surface area contributed by atoms with Crippen LogP contribution in [0.2, 0.25) is 0 Å². The fourth-order valence-corrected chi connectivity index (χ4v) is 6.29. The molecule has 2 fully saturated rings. The van der Waals surface area contributed by atoms with Crippen molar-refractivity contribution in [2.75, 3.05) is 17.8 Å². The van der Waals surface area contributed by atoms with Gasteiger partial charge in [-0.1, -0.05) is 66.7 Å². The molecule has 0 aromatic heterocycles. The second-order valence-electron chi connectivity index (χ2n) is 7.08. The van der Waals surface area contributed by atoms with E-state index in [-0.39, 0.29) is 0 Å². The van der Waals surface area contributed by atoms with Crippen LogP contribution in [0.1, 0.15) is 12.8 Å². The van der Waals surface area contributed by atoms with Gasteiger partial charge in [0.05, 0.1) is 0 Å². The first-order chi connectivity index (χ1) is 13.4.